The lowest BCUT2D eigenvalue weighted by molar-refractivity contribution is 0.109. The highest BCUT2D eigenvalue weighted by molar-refractivity contribution is 5.01. The van der Waals surface area contributed by atoms with E-state index in [0.717, 1.165) is 12.4 Å². The summed E-state index contributed by atoms with van der Waals surface area (Å²) in [4.78, 5) is 3.85. The van der Waals surface area contributed by atoms with Crippen LogP contribution in [0.3, 0.4) is 0 Å². The van der Waals surface area contributed by atoms with Crippen LogP contribution in [0.15, 0.2) is 11.9 Å². The minimum Gasteiger partial charge on any atom is -0.386 e. The predicted molar refractivity (Wildman–Crippen MR) is 40.6 cm³/mol. The molecular weight excluding hydrogens is 128 g/mol. The van der Waals surface area contributed by atoms with Crippen LogP contribution in [0.5, 0.6) is 0 Å². The third-order valence-corrected chi connectivity index (χ3v) is 1.84. The van der Waals surface area contributed by atoms with E-state index in [1.807, 2.05) is 30.0 Å². The van der Waals surface area contributed by atoms with Crippen molar-refractivity contribution in [1.82, 2.24) is 9.80 Å². The van der Waals surface area contributed by atoms with Crippen LogP contribution >= 0.6 is 0 Å². The molecule has 4 heteroatoms. The first-order valence-corrected chi connectivity index (χ1v) is 3.27. The van der Waals surface area contributed by atoms with Crippen LogP contribution in [0.2, 0.25) is 0 Å². The Balaban J connectivity index is 2.71. The summed E-state index contributed by atoms with van der Waals surface area (Å²) in [6.07, 6.45) is 1.87. The number of nitrogens with two attached hydrogens (primary N) is 2. The van der Waals surface area contributed by atoms with Crippen molar-refractivity contribution in [1.29, 1.82) is 0 Å². The fourth-order valence-electron chi connectivity index (χ4n) is 0.938. The summed E-state index contributed by atoms with van der Waals surface area (Å²) in [5.41, 5.74) is 11.4. The molecule has 4 N–H and O–H groups in total. The van der Waals surface area contributed by atoms with Crippen molar-refractivity contribution < 1.29 is 0 Å². The predicted octanol–water partition coefficient (Wildman–Crippen LogP) is -1.09. The topological polar surface area (TPSA) is 58.5 Å². The van der Waals surface area contributed by atoms with E-state index in [1.165, 1.54) is 0 Å². The number of hydrogen-bond acceptors (Lipinski definition) is 4. The molecule has 1 aliphatic heterocycles. The van der Waals surface area contributed by atoms with E-state index in [2.05, 4.69) is 0 Å². The minimum atomic E-state index is -0.0787. The second-order valence-electron chi connectivity index (χ2n) is 2.59. The molecule has 4 nitrogen and oxygen atoms in total. The molecule has 0 bridgehead atoms. The maximum atomic E-state index is 5.74. The second kappa shape index (κ2) is 2.48. The zero-order valence-electron chi connectivity index (χ0n) is 6.41. The average Bonchev–Trinajstić information content (AvgIpc) is 1.93. The van der Waals surface area contributed by atoms with Gasteiger partial charge in [0.15, 0.2) is 0 Å². The quantitative estimate of drug-likeness (QED) is 0.451. The zero-order valence-corrected chi connectivity index (χ0v) is 6.41. The molecule has 0 aromatic rings. The van der Waals surface area contributed by atoms with Crippen LogP contribution in [0.25, 0.3) is 0 Å². The highest BCUT2D eigenvalue weighted by atomic mass is 15.4. The van der Waals surface area contributed by atoms with Gasteiger partial charge in [0.25, 0.3) is 0 Å². The van der Waals surface area contributed by atoms with Gasteiger partial charge in [-0.1, -0.05) is 0 Å². The SMILES string of the molecule is CN1CC=C(N)N(C)C1N. The van der Waals surface area contributed by atoms with E-state index < -0.39 is 0 Å². The summed E-state index contributed by atoms with van der Waals surface area (Å²) < 4.78 is 0. The number of rotatable bonds is 0. The second-order valence-corrected chi connectivity index (χ2v) is 2.59. The maximum absolute atomic E-state index is 5.74. The van der Waals surface area contributed by atoms with Crippen molar-refractivity contribution >= 4 is 0 Å². The van der Waals surface area contributed by atoms with E-state index >= 15 is 0 Å². The highest BCUT2D eigenvalue weighted by Gasteiger charge is 2.18. The molecule has 58 valence electrons. The van der Waals surface area contributed by atoms with Crippen molar-refractivity contribution in [3.8, 4) is 0 Å². The zero-order chi connectivity index (χ0) is 7.72. The first kappa shape index (κ1) is 7.37. The standard InChI is InChI=1S/C6H14N4/c1-9-4-3-5(7)10(2)6(9)8/h3,6H,4,7-8H2,1-2H3. The van der Waals surface area contributed by atoms with Crippen molar-refractivity contribution in [2.45, 2.75) is 6.29 Å². The molecule has 0 saturated heterocycles. The molecule has 0 radical (unpaired) electrons. The Morgan fingerprint density at radius 1 is 1.60 bits per heavy atom. The van der Waals surface area contributed by atoms with E-state index in [4.69, 9.17) is 11.5 Å². The third kappa shape index (κ3) is 1.08. The number of hydrogen-bond donors (Lipinski definition) is 2. The normalized spacial score (nSPS) is 28.5. The molecular formula is C6H14N4. The van der Waals surface area contributed by atoms with E-state index in [9.17, 15) is 0 Å². The first-order chi connectivity index (χ1) is 4.63. The van der Waals surface area contributed by atoms with Crippen molar-refractivity contribution in [2.75, 3.05) is 20.6 Å². The van der Waals surface area contributed by atoms with Gasteiger partial charge in [0, 0.05) is 13.6 Å². The maximum Gasteiger partial charge on any atom is 0.135 e. The van der Waals surface area contributed by atoms with Crippen LogP contribution in [0, 0.1) is 0 Å². The van der Waals surface area contributed by atoms with Gasteiger partial charge in [-0.05, 0) is 13.1 Å². The van der Waals surface area contributed by atoms with Gasteiger partial charge in [0.2, 0.25) is 0 Å². The number of likely N-dealkylation sites (N-methyl/N-ethyl adjacent to an activating group) is 1. The van der Waals surface area contributed by atoms with Gasteiger partial charge in [-0.2, -0.15) is 0 Å². The molecule has 1 rings (SSSR count). The molecule has 0 spiro atoms. The van der Waals surface area contributed by atoms with Crippen molar-refractivity contribution in [3.63, 3.8) is 0 Å². The van der Waals surface area contributed by atoms with Crippen LogP contribution in [-0.2, 0) is 0 Å². The van der Waals surface area contributed by atoms with Gasteiger partial charge in [-0.3, -0.25) is 10.6 Å². The van der Waals surface area contributed by atoms with Gasteiger partial charge in [0.05, 0.1) is 5.82 Å². The monoisotopic (exact) mass is 142 g/mol. The Kier molecular flexibility index (Phi) is 1.82. The fraction of sp³-hybridized carbons (Fsp3) is 0.667. The molecule has 1 atom stereocenters. The van der Waals surface area contributed by atoms with Crippen LogP contribution in [0.4, 0.5) is 0 Å². The Hall–Kier alpha value is -0.740. The van der Waals surface area contributed by atoms with E-state index in [1.54, 1.807) is 0 Å². The van der Waals surface area contributed by atoms with Crippen LogP contribution in [-0.4, -0.2) is 36.7 Å². The fourth-order valence-corrected chi connectivity index (χ4v) is 0.938. The van der Waals surface area contributed by atoms with Gasteiger partial charge < -0.3 is 10.6 Å². The summed E-state index contributed by atoms with van der Waals surface area (Å²) in [6.45, 7) is 0.831. The Morgan fingerprint density at radius 3 is 2.70 bits per heavy atom. The molecule has 0 fully saturated rings. The average molecular weight is 142 g/mol. The summed E-state index contributed by atoms with van der Waals surface area (Å²) >= 11 is 0. The highest BCUT2D eigenvalue weighted by Crippen LogP contribution is 2.06. The lowest BCUT2D eigenvalue weighted by Gasteiger charge is -2.36. The smallest absolute Gasteiger partial charge is 0.135 e. The lowest BCUT2D eigenvalue weighted by Crippen LogP contribution is -2.54. The Bertz CT molecular complexity index is 154. The van der Waals surface area contributed by atoms with Crippen LogP contribution in [0.1, 0.15) is 0 Å². The molecule has 1 unspecified atom stereocenters. The molecule has 1 aliphatic rings. The van der Waals surface area contributed by atoms with Gasteiger partial charge >= 0.3 is 0 Å². The minimum absolute atomic E-state index is 0.0787. The van der Waals surface area contributed by atoms with Gasteiger partial charge in [-0.25, -0.2) is 0 Å². The summed E-state index contributed by atoms with van der Waals surface area (Å²) in [6, 6.07) is 0. The molecule has 10 heavy (non-hydrogen) atoms. The Labute approximate surface area is 61.1 Å². The summed E-state index contributed by atoms with van der Waals surface area (Å²) in [5.74, 6) is 0.755. The third-order valence-electron chi connectivity index (χ3n) is 1.84. The molecule has 0 aromatic heterocycles. The van der Waals surface area contributed by atoms with Crippen LogP contribution < -0.4 is 11.5 Å². The summed E-state index contributed by atoms with van der Waals surface area (Å²) in [5, 5.41) is 0. The molecule has 0 aromatic carbocycles. The largest absolute Gasteiger partial charge is 0.386 e. The lowest BCUT2D eigenvalue weighted by atomic mass is 10.4. The van der Waals surface area contributed by atoms with E-state index in [0.29, 0.717) is 0 Å². The summed E-state index contributed by atoms with van der Waals surface area (Å²) in [7, 11) is 3.84. The molecule has 1 heterocycles. The molecule has 0 amide bonds. The first-order valence-electron chi connectivity index (χ1n) is 3.27. The van der Waals surface area contributed by atoms with Gasteiger partial charge in [0.1, 0.15) is 6.29 Å². The number of nitrogens with zero attached hydrogens (tertiary/aromatic N) is 2. The van der Waals surface area contributed by atoms with E-state index in [-0.39, 0.29) is 6.29 Å². The van der Waals surface area contributed by atoms with Gasteiger partial charge in [-0.15, -0.1) is 0 Å². The molecule has 0 saturated carbocycles. The molecule has 0 aliphatic carbocycles. The van der Waals surface area contributed by atoms with Crippen molar-refractivity contribution in [3.05, 3.63) is 11.9 Å². The van der Waals surface area contributed by atoms with Crippen molar-refractivity contribution in [2.24, 2.45) is 11.5 Å². The Morgan fingerprint density at radius 2 is 2.20 bits per heavy atom.